The quantitative estimate of drug-likeness (QED) is 0.470. The molecule has 4 nitrogen and oxygen atoms in total. The average molecular weight is 198 g/mol. The molecule has 0 aromatic carbocycles. The van der Waals surface area contributed by atoms with Gasteiger partial charge in [0, 0.05) is 25.7 Å². The first-order valence-electron chi connectivity index (χ1n) is 5.00. The van der Waals surface area contributed by atoms with Gasteiger partial charge in [0.05, 0.1) is 6.67 Å². The maximum absolute atomic E-state index is 10.7. The number of carbonyl (C=O) groups is 1. The van der Waals surface area contributed by atoms with Crippen LogP contribution < -0.4 is 0 Å². The molecular formula is C10H18N2O2. The molecule has 0 spiro atoms. The zero-order valence-corrected chi connectivity index (χ0v) is 8.74. The number of nitrogens with zero attached hydrogens (tertiary/aromatic N) is 2. The van der Waals surface area contributed by atoms with Gasteiger partial charge >= 0.3 is 5.97 Å². The second-order valence-corrected chi connectivity index (χ2v) is 3.34. The lowest BCUT2D eigenvalue weighted by Gasteiger charge is -2.16. The fraction of sp³-hybridized carbons (Fsp3) is 0.700. The van der Waals surface area contributed by atoms with Crippen molar-refractivity contribution in [2.45, 2.75) is 6.92 Å². The number of likely N-dealkylation sites (N-methyl/N-ethyl adjacent to an activating group) is 1. The van der Waals surface area contributed by atoms with Gasteiger partial charge in [-0.05, 0) is 6.54 Å². The van der Waals surface area contributed by atoms with Gasteiger partial charge in [-0.1, -0.05) is 13.5 Å². The van der Waals surface area contributed by atoms with Crippen molar-refractivity contribution in [2.75, 3.05) is 39.5 Å². The number of esters is 1. The standard InChI is InChI=1S/C10H18N2O2/c1-3-10(13)14-8-7-12-6-5-11(4-2)9-12/h3H,1,4-9H2,2H3. The molecule has 0 saturated carbocycles. The molecule has 0 aromatic heterocycles. The monoisotopic (exact) mass is 198 g/mol. The predicted octanol–water partition coefficient (Wildman–Crippen LogP) is 0.311. The Balaban J connectivity index is 2.08. The van der Waals surface area contributed by atoms with Gasteiger partial charge < -0.3 is 4.74 Å². The first kappa shape index (κ1) is 11.2. The van der Waals surface area contributed by atoms with Crippen LogP contribution in [0.1, 0.15) is 6.92 Å². The van der Waals surface area contributed by atoms with Crippen LogP contribution in [0, 0.1) is 0 Å². The summed E-state index contributed by atoms with van der Waals surface area (Å²) in [5, 5.41) is 0. The molecule has 4 heteroatoms. The number of ether oxygens (including phenoxy) is 1. The Morgan fingerprint density at radius 1 is 1.50 bits per heavy atom. The van der Waals surface area contributed by atoms with Gasteiger partial charge in [0.15, 0.2) is 0 Å². The molecule has 0 amide bonds. The number of carbonyl (C=O) groups excluding carboxylic acids is 1. The Morgan fingerprint density at radius 2 is 2.21 bits per heavy atom. The lowest BCUT2D eigenvalue weighted by Crippen LogP contribution is -2.28. The van der Waals surface area contributed by atoms with Crippen molar-refractivity contribution in [1.29, 1.82) is 0 Å². The number of hydrogen-bond acceptors (Lipinski definition) is 4. The number of rotatable bonds is 5. The van der Waals surface area contributed by atoms with Gasteiger partial charge in [-0.3, -0.25) is 9.80 Å². The highest BCUT2D eigenvalue weighted by Gasteiger charge is 2.17. The van der Waals surface area contributed by atoms with Crippen LogP contribution in [0.4, 0.5) is 0 Å². The SMILES string of the molecule is C=CC(=O)OCCN1CCN(CC)C1. The smallest absolute Gasteiger partial charge is 0.330 e. The van der Waals surface area contributed by atoms with Crippen LogP contribution in [0.5, 0.6) is 0 Å². The van der Waals surface area contributed by atoms with Gasteiger partial charge in [0.1, 0.15) is 6.61 Å². The zero-order chi connectivity index (χ0) is 10.4. The molecular weight excluding hydrogens is 180 g/mol. The molecule has 80 valence electrons. The van der Waals surface area contributed by atoms with Gasteiger partial charge in [-0.2, -0.15) is 0 Å². The van der Waals surface area contributed by atoms with Crippen LogP contribution in [0.3, 0.4) is 0 Å². The van der Waals surface area contributed by atoms with Crippen molar-refractivity contribution >= 4 is 5.97 Å². The average Bonchev–Trinajstić information content (AvgIpc) is 2.65. The summed E-state index contributed by atoms with van der Waals surface area (Å²) < 4.78 is 4.90. The molecule has 1 heterocycles. The van der Waals surface area contributed by atoms with E-state index in [0.717, 1.165) is 32.8 Å². The van der Waals surface area contributed by atoms with Crippen molar-refractivity contribution in [1.82, 2.24) is 9.80 Å². The van der Waals surface area contributed by atoms with Crippen LogP contribution >= 0.6 is 0 Å². The van der Waals surface area contributed by atoms with Gasteiger partial charge in [-0.15, -0.1) is 0 Å². The maximum atomic E-state index is 10.7. The summed E-state index contributed by atoms with van der Waals surface area (Å²) in [6, 6.07) is 0. The largest absolute Gasteiger partial charge is 0.461 e. The summed E-state index contributed by atoms with van der Waals surface area (Å²) in [4.78, 5) is 15.4. The van der Waals surface area contributed by atoms with E-state index in [0.29, 0.717) is 6.61 Å². The molecule has 0 unspecified atom stereocenters. The summed E-state index contributed by atoms with van der Waals surface area (Å²) in [6.45, 7) is 11.0. The molecule has 1 fully saturated rings. The highest BCUT2D eigenvalue weighted by molar-refractivity contribution is 5.81. The minimum absolute atomic E-state index is 0.337. The molecule has 0 N–H and O–H groups in total. The van der Waals surface area contributed by atoms with Crippen molar-refractivity contribution < 1.29 is 9.53 Å². The van der Waals surface area contributed by atoms with Crippen LogP contribution in [-0.4, -0.2) is 55.2 Å². The second kappa shape index (κ2) is 5.78. The fourth-order valence-corrected chi connectivity index (χ4v) is 1.48. The Labute approximate surface area is 85.1 Å². The topological polar surface area (TPSA) is 32.8 Å². The van der Waals surface area contributed by atoms with E-state index in [1.165, 1.54) is 6.08 Å². The van der Waals surface area contributed by atoms with Crippen LogP contribution in [0.25, 0.3) is 0 Å². The third kappa shape index (κ3) is 3.47. The van der Waals surface area contributed by atoms with E-state index < -0.39 is 0 Å². The van der Waals surface area contributed by atoms with E-state index >= 15 is 0 Å². The highest BCUT2D eigenvalue weighted by Crippen LogP contribution is 2.02. The van der Waals surface area contributed by atoms with E-state index in [1.807, 2.05) is 0 Å². The third-order valence-electron chi connectivity index (χ3n) is 2.40. The van der Waals surface area contributed by atoms with Crippen molar-refractivity contribution in [2.24, 2.45) is 0 Å². The zero-order valence-electron chi connectivity index (χ0n) is 8.74. The summed E-state index contributed by atoms with van der Waals surface area (Å²) in [5.74, 6) is -0.337. The molecule has 1 aliphatic rings. The van der Waals surface area contributed by atoms with Crippen molar-refractivity contribution in [3.63, 3.8) is 0 Å². The lowest BCUT2D eigenvalue weighted by atomic mass is 10.5. The van der Waals surface area contributed by atoms with Gasteiger partial charge in [-0.25, -0.2) is 4.79 Å². The lowest BCUT2D eigenvalue weighted by molar-refractivity contribution is -0.138. The number of hydrogen-bond donors (Lipinski definition) is 0. The molecule has 0 radical (unpaired) electrons. The molecule has 1 saturated heterocycles. The van der Waals surface area contributed by atoms with Gasteiger partial charge in [0.25, 0.3) is 0 Å². The second-order valence-electron chi connectivity index (χ2n) is 3.34. The van der Waals surface area contributed by atoms with Crippen molar-refractivity contribution in [3.8, 4) is 0 Å². The summed E-state index contributed by atoms with van der Waals surface area (Å²) in [7, 11) is 0. The van der Waals surface area contributed by atoms with Gasteiger partial charge in [0.2, 0.25) is 0 Å². The van der Waals surface area contributed by atoms with E-state index in [4.69, 9.17) is 4.74 Å². The van der Waals surface area contributed by atoms with Crippen LogP contribution in [-0.2, 0) is 9.53 Å². The maximum Gasteiger partial charge on any atom is 0.330 e. The van der Waals surface area contributed by atoms with Crippen LogP contribution in [0.15, 0.2) is 12.7 Å². The molecule has 0 bridgehead atoms. The molecule has 0 aromatic rings. The summed E-state index contributed by atoms with van der Waals surface area (Å²) >= 11 is 0. The summed E-state index contributed by atoms with van der Waals surface area (Å²) in [6.07, 6.45) is 1.20. The Hall–Kier alpha value is -0.870. The molecule has 1 rings (SSSR count). The third-order valence-corrected chi connectivity index (χ3v) is 2.40. The Kier molecular flexibility index (Phi) is 4.62. The molecule has 0 atom stereocenters. The minimum atomic E-state index is -0.337. The first-order chi connectivity index (χ1) is 6.76. The predicted molar refractivity (Wildman–Crippen MR) is 54.8 cm³/mol. The van der Waals surface area contributed by atoms with Crippen LogP contribution in [0.2, 0.25) is 0 Å². The molecule has 1 aliphatic heterocycles. The highest BCUT2D eigenvalue weighted by atomic mass is 16.5. The van der Waals surface area contributed by atoms with E-state index in [2.05, 4.69) is 23.3 Å². The van der Waals surface area contributed by atoms with E-state index in [1.54, 1.807) is 0 Å². The Bertz CT molecular complexity index is 206. The molecule has 0 aliphatic carbocycles. The fourth-order valence-electron chi connectivity index (χ4n) is 1.48. The summed E-state index contributed by atoms with van der Waals surface area (Å²) in [5.41, 5.74) is 0. The Morgan fingerprint density at radius 3 is 2.79 bits per heavy atom. The normalized spacial score (nSPS) is 18.4. The van der Waals surface area contributed by atoms with E-state index in [-0.39, 0.29) is 5.97 Å². The van der Waals surface area contributed by atoms with Crippen molar-refractivity contribution in [3.05, 3.63) is 12.7 Å². The molecule has 14 heavy (non-hydrogen) atoms. The first-order valence-corrected chi connectivity index (χ1v) is 5.00. The van der Waals surface area contributed by atoms with E-state index in [9.17, 15) is 4.79 Å². The minimum Gasteiger partial charge on any atom is -0.461 e.